The summed E-state index contributed by atoms with van der Waals surface area (Å²) in [7, 11) is 3.14. The third kappa shape index (κ3) is 3.58. The highest BCUT2D eigenvalue weighted by molar-refractivity contribution is 5.88. The van der Waals surface area contributed by atoms with Gasteiger partial charge in [0.1, 0.15) is 11.5 Å². The topological polar surface area (TPSA) is 108 Å². The lowest BCUT2D eigenvalue weighted by atomic mass is 10.0. The Hall–Kier alpha value is -3.16. The predicted octanol–water partition coefficient (Wildman–Crippen LogP) is 0.720. The van der Waals surface area contributed by atoms with Crippen molar-refractivity contribution >= 4 is 11.8 Å². The number of nitrogens with two attached hydrogens (primary N) is 1. The van der Waals surface area contributed by atoms with Crippen molar-refractivity contribution in [1.82, 2.24) is 14.9 Å². The molecule has 0 aliphatic carbocycles. The second-order valence-electron chi connectivity index (χ2n) is 5.95. The van der Waals surface area contributed by atoms with E-state index in [1.807, 2.05) is 0 Å². The molecule has 8 heteroatoms. The number of hydrogen-bond donors (Lipinski definition) is 1. The van der Waals surface area contributed by atoms with Gasteiger partial charge in [0.05, 0.1) is 32.9 Å². The highest BCUT2D eigenvalue weighted by atomic mass is 16.5. The predicted molar refractivity (Wildman–Crippen MR) is 92.9 cm³/mol. The number of methoxy groups -OCH3 is 2. The van der Waals surface area contributed by atoms with Crippen molar-refractivity contribution < 1.29 is 19.1 Å². The number of amides is 2. The van der Waals surface area contributed by atoms with E-state index in [9.17, 15) is 9.59 Å². The summed E-state index contributed by atoms with van der Waals surface area (Å²) in [6.07, 6.45) is 2.42. The van der Waals surface area contributed by atoms with Crippen LogP contribution in [0.4, 0.5) is 0 Å². The Morgan fingerprint density at radius 3 is 2.77 bits per heavy atom. The fourth-order valence-electron chi connectivity index (χ4n) is 2.93. The molecule has 1 aliphatic rings. The van der Waals surface area contributed by atoms with Gasteiger partial charge < -0.3 is 20.1 Å². The number of benzene rings is 1. The van der Waals surface area contributed by atoms with Gasteiger partial charge in [-0.2, -0.15) is 0 Å². The highest BCUT2D eigenvalue weighted by Crippen LogP contribution is 2.25. The van der Waals surface area contributed by atoms with E-state index in [0.717, 1.165) is 11.1 Å². The second-order valence-corrected chi connectivity index (χ2v) is 5.95. The van der Waals surface area contributed by atoms with Crippen LogP contribution >= 0.6 is 0 Å². The lowest BCUT2D eigenvalue weighted by Gasteiger charge is -2.28. The fourth-order valence-corrected chi connectivity index (χ4v) is 2.93. The Labute approximate surface area is 150 Å². The molecule has 0 unspecified atom stereocenters. The molecule has 1 aromatic carbocycles. The zero-order valence-corrected chi connectivity index (χ0v) is 14.7. The lowest BCUT2D eigenvalue weighted by Crippen LogP contribution is -2.38. The first-order valence-corrected chi connectivity index (χ1v) is 8.15. The van der Waals surface area contributed by atoms with Crippen molar-refractivity contribution in [3.05, 3.63) is 47.0 Å². The molecular formula is C18H20N4O4. The summed E-state index contributed by atoms with van der Waals surface area (Å²) in [6.45, 7) is 0.890. The molecule has 26 heavy (non-hydrogen) atoms. The molecule has 0 spiro atoms. The zero-order valence-electron chi connectivity index (χ0n) is 14.7. The van der Waals surface area contributed by atoms with Crippen LogP contribution in [0, 0.1) is 0 Å². The maximum Gasteiger partial charge on any atom is 0.286 e. The molecule has 1 aromatic heterocycles. The number of primary amides is 1. The molecule has 1 aliphatic heterocycles. The number of carbonyl (C=O) groups is 2. The first kappa shape index (κ1) is 17.7. The SMILES string of the molecule is COc1ccc(OC)c(CC(=O)N2CCc3cnc(C(N)=O)nc3C2)c1. The average molecular weight is 356 g/mol. The van der Waals surface area contributed by atoms with Crippen LogP contribution in [0.1, 0.15) is 27.4 Å². The number of ether oxygens (including phenoxy) is 2. The third-order valence-corrected chi connectivity index (χ3v) is 4.35. The Morgan fingerprint density at radius 1 is 1.27 bits per heavy atom. The van der Waals surface area contributed by atoms with Crippen LogP contribution in [0.15, 0.2) is 24.4 Å². The van der Waals surface area contributed by atoms with E-state index in [2.05, 4.69) is 9.97 Å². The highest BCUT2D eigenvalue weighted by Gasteiger charge is 2.24. The van der Waals surface area contributed by atoms with E-state index in [1.54, 1.807) is 43.5 Å². The number of aromatic nitrogens is 2. The van der Waals surface area contributed by atoms with Crippen molar-refractivity contribution in [3.8, 4) is 11.5 Å². The summed E-state index contributed by atoms with van der Waals surface area (Å²) in [5.74, 6) is 0.526. The van der Waals surface area contributed by atoms with Crippen LogP contribution in [0.3, 0.4) is 0 Å². The number of carbonyl (C=O) groups excluding carboxylic acids is 2. The maximum atomic E-state index is 12.8. The van der Waals surface area contributed by atoms with Gasteiger partial charge >= 0.3 is 0 Å². The van der Waals surface area contributed by atoms with Crippen molar-refractivity contribution in [3.63, 3.8) is 0 Å². The number of hydrogen-bond acceptors (Lipinski definition) is 6. The lowest BCUT2D eigenvalue weighted by molar-refractivity contribution is -0.131. The van der Waals surface area contributed by atoms with E-state index in [1.165, 1.54) is 0 Å². The molecule has 136 valence electrons. The molecule has 0 fully saturated rings. The molecule has 3 rings (SSSR count). The molecule has 2 N–H and O–H groups in total. The van der Waals surface area contributed by atoms with Crippen LogP contribution in [0.25, 0.3) is 0 Å². The summed E-state index contributed by atoms with van der Waals surface area (Å²) in [5, 5.41) is 0. The van der Waals surface area contributed by atoms with Crippen molar-refractivity contribution in [1.29, 1.82) is 0 Å². The molecule has 0 bridgehead atoms. The largest absolute Gasteiger partial charge is 0.497 e. The Kier molecular flexibility index (Phi) is 5.01. The van der Waals surface area contributed by atoms with Gasteiger partial charge in [-0.05, 0) is 30.2 Å². The summed E-state index contributed by atoms with van der Waals surface area (Å²) in [6, 6.07) is 5.35. The fraction of sp³-hybridized carbons (Fsp3) is 0.333. The van der Waals surface area contributed by atoms with E-state index >= 15 is 0 Å². The van der Waals surface area contributed by atoms with Gasteiger partial charge in [0, 0.05) is 18.3 Å². The standard InChI is InChI=1S/C18H20N4O4/c1-25-13-3-4-15(26-2)12(7-13)8-16(23)22-6-5-11-9-20-18(17(19)24)21-14(11)10-22/h3-4,7,9H,5-6,8,10H2,1-2H3,(H2,19,24). The van der Waals surface area contributed by atoms with Gasteiger partial charge in [0.15, 0.2) is 0 Å². The first-order valence-electron chi connectivity index (χ1n) is 8.15. The Morgan fingerprint density at radius 2 is 2.08 bits per heavy atom. The zero-order chi connectivity index (χ0) is 18.7. The van der Waals surface area contributed by atoms with Gasteiger partial charge in [-0.1, -0.05) is 0 Å². The van der Waals surface area contributed by atoms with Crippen LogP contribution < -0.4 is 15.2 Å². The van der Waals surface area contributed by atoms with Gasteiger partial charge in [0.2, 0.25) is 11.7 Å². The summed E-state index contributed by atoms with van der Waals surface area (Å²) in [5.41, 5.74) is 7.57. The molecule has 2 heterocycles. The van der Waals surface area contributed by atoms with Crippen molar-refractivity contribution in [2.24, 2.45) is 5.73 Å². The quantitative estimate of drug-likeness (QED) is 0.846. The third-order valence-electron chi connectivity index (χ3n) is 4.35. The van der Waals surface area contributed by atoms with Crippen molar-refractivity contribution in [2.45, 2.75) is 19.4 Å². The minimum absolute atomic E-state index is 0.0347. The number of fused-ring (bicyclic) bond motifs is 1. The van der Waals surface area contributed by atoms with Crippen LogP contribution in [0.2, 0.25) is 0 Å². The van der Waals surface area contributed by atoms with Gasteiger partial charge in [-0.25, -0.2) is 9.97 Å². The maximum absolute atomic E-state index is 12.8. The molecule has 0 saturated heterocycles. The van der Waals surface area contributed by atoms with Crippen molar-refractivity contribution in [2.75, 3.05) is 20.8 Å². The van der Waals surface area contributed by atoms with Gasteiger partial charge in [-0.15, -0.1) is 0 Å². The Balaban J connectivity index is 1.77. The Bertz CT molecular complexity index is 853. The molecule has 8 nitrogen and oxygen atoms in total. The molecule has 0 saturated carbocycles. The van der Waals surface area contributed by atoms with E-state index < -0.39 is 5.91 Å². The summed E-state index contributed by atoms with van der Waals surface area (Å²) < 4.78 is 10.6. The first-order chi connectivity index (χ1) is 12.5. The van der Waals surface area contributed by atoms with Crippen LogP contribution in [-0.2, 0) is 24.2 Å². The molecular weight excluding hydrogens is 336 g/mol. The second kappa shape index (κ2) is 7.38. The van der Waals surface area contributed by atoms with E-state index in [-0.39, 0.29) is 18.2 Å². The summed E-state index contributed by atoms with van der Waals surface area (Å²) >= 11 is 0. The molecule has 2 aromatic rings. The smallest absolute Gasteiger partial charge is 0.286 e. The van der Waals surface area contributed by atoms with E-state index in [0.29, 0.717) is 36.7 Å². The molecule has 2 amide bonds. The average Bonchev–Trinajstić information content (AvgIpc) is 2.66. The van der Waals surface area contributed by atoms with E-state index in [4.69, 9.17) is 15.2 Å². The minimum atomic E-state index is -0.683. The van der Waals surface area contributed by atoms with Gasteiger partial charge in [-0.3, -0.25) is 9.59 Å². The minimum Gasteiger partial charge on any atom is -0.497 e. The normalized spacial score (nSPS) is 13.1. The number of nitrogens with zero attached hydrogens (tertiary/aromatic N) is 3. The van der Waals surface area contributed by atoms with Crippen LogP contribution in [0.5, 0.6) is 11.5 Å². The van der Waals surface area contributed by atoms with Gasteiger partial charge in [0.25, 0.3) is 5.91 Å². The monoisotopic (exact) mass is 356 g/mol. The van der Waals surface area contributed by atoms with Crippen LogP contribution in [-0.4, -0.2) is 47.4 Å². The molecule has 0 radical (unpaired) electrons. The molecule has 0 atom stereocenters. The summed E-state index contributed by atoms with van der Waals surface area (Å²) in [4.78, 5) is 33.9. The number of rotatable bonds is 5.